The van der Waals surface area contributed by atoms with Crippen LogP contribution in [0.1, 0.15) is 67.7 Å². The average molecular weight is 389 g/mol. The number of likely N-dealkylation sites (tertiary alicyclic amines) is 2. The number of nitrogens with one attached hydrogen (secondary N) is 1. The van der Waals surface area contributed by atoms with Gasteiger partial charge in [-0.15, -0.1) is 5.10 Å². The highest BCUT2D eigenvalue weighted by molar-refractivity contribution is 5.93. The third-order valence-electron chi connectivity index (χ3n) is 6.98. The molecule has 7 nitrogen and oxygen atoms in total. The maximum absolute atomic E-state index is 13.2. The molecule has 1 aromatic rings. The third kappa shape index (κ3) is 4.40. The standard InChI is InChI=1S/C21H36N6O/c1-16-7-12-25(13-8-16)14-18-4-3-11-26(15-18)21(28)20-17(2)27(24-23-20)19-5-9-22-10-6-19/h16,18-19,22H,3-15H2,1-2H3. The van der Waals surface area contributed by atoms with Gasteiger partial charge in [0.1, 0.15) is 0 Å². The Labute approximate surface area is 168 Å². The Bertz CT molecular complexity index is 660. The van der Waals surface area contributed by atoms with Crippen molar-refractivity contribution in [3.63, 3.8) is 0 Å². The molecule has 1 N–H and O–H groups in total. The second kappa shape index (κ2) is 8.91. The van der Waals surface area contributed by atoms with Crippen molar-refractivity contribution in [3.05, 3.63) is 11.4 Å². The van der Waals surface area contributed by atoms with Gasteiger partial charge < -0.3 is 15.1 Å². The summed E-state index contributed by atoms with van der Waals surface area (Å²) in [4.78, 5) is 17.8. The molecular formula is C21H36N6O. The fraction of sp³-hybridized carbons (Fsp3) is 0.857. The summed E-state index contributed by atoms with van der Waals surface area (Å²) in [6.07, 6.45) is 7.07. The van der Waals surface area contributed by atoms with Crippen molar-refractivity contribution in [3.8, 4) is 0 Å². The van der Waals surface area contributed by atoms with E-state index in [4.69, 9.17) is 0 Å². The molecule has 0 radical (unpaired) electrons. The molecule has 3 fully saturated rings. The van der Waals surface area contributed by atoms with Gasteiger partial charge in [0.15, 0.2) is 5.69 Å². The first kappa shape index (κ1) is 19.8. The summed E-state index contributed by atoms with van der Waals surface area (Å²) in [7, 11) is 0. The van der Waals surface area contributed by atoms with E-state index in [0.717, 1.165) is 63.6 Å². The van der Waals surface area contributed by atoms with Crippen LogP contribution in [0.3, 0.4) is 0 Å². The summed E-state index contributed by atoms with van der Waals surface area (Å²) >= 11 is 0. The summed E-state index contributed by atoms with van der Waals surface area (Å²) in [5.74, 6) is 1.53. The number of piperidine rings is 3. The molecule has 28 heavy (non-hydrogen) atoms. The lowest BCUT2D eigenvalue weighted by Crippen LogP contribution is -2.45. The summed E-state index contributed by atoms with van der Waals surface area (Å²) < 4.78 is 1.99. The van der Waals surface area contributed by atoms with Gasteiger partial charge in [-0.3, -0.25) is 4.79 Å². The number of hydrogen-bond donors (Lipinski definition) is 1. The molecule has 4 heterocycles. The van der Waals surface area contributed by atoms with E-state index in [9.17, 15) is 4.79 Å². The summed E-state index contributed by atoms with van der Waals surface area (Å²) in [6.45, 7) is 11.7. The van der Waals surface area contributed by atoms with Crippen molar-refractivity contribution in [1.29, 1.82) is 0 Å². The number of carbonyl (C=O) groups excluding carboxylic acids is 1. The van der Waals surface area contributed by atoms with Crippen LogP contribution in [-0.2, 0) is 0 Å². The van der Waals surface area contributed by atoms with E-state index in [1.807, 2.05) is 16.5 Å². The smallest absolute Gasteiger partial charge is 0.276 e. The van der Waals surface area contributed by atoms with Gasteiger partial charge >= 0.3 is 0 Å². The SMILES string of the molecule is Cc1c(C(=O)N2CCCC(CN3CCC(C)CC3)C2)nnn1C1CCNCC1. The van der Waals surface area contributed by atoms with Gasteiger partial charge in [-0.05, 0) is 83.5 Å². The normalized spacial score (nSPS) is 25.9. The summed E-state index contributed by atoms with van der Waals surface area (Å²) in [5.41, 5.74) is 1.50. The molecule has 1 amide bonds. The first-order valence-corrected chi connectivity index (χ1v) is 11.3. The minimum Gasteiger partial charge on any atom is -0.337 e. The third-order valence-corrected chi connectivity index (χ3v) is 6.98. The Balaban J connectivity index is 1.37. The highest BCUT2D eigenvalue weighted by Gasteiger charge is 2.30. The molecule has 4 rings (SSSR count). The fourth-order valence-electron chi connectivity index (χ4n) is 5.09. The number of nitrogens with zero attached hydrogens (tertiary/aromatic N) is 5. The molecule has 0 aromatic carbocycles. The number of carbonyl (C=O) groups is 1. The first-order chi connectivity index (χ1) is 13.6. The molecule has 0 bridgehead atoms. The van der Waals surface area contributed by atoms with Crippen LogP contribution in [0, 0.1) is 18.8 Å². The number of aromatic nitrogens is 3. The van der Waals surface area contributed by atoms with E-state index in [-0.39, 0.29) is 5.91 Å². The predicted molar refractivity (Wildman–Crippen MR) is 109 cm³/mol. The highest BCUT2D eigenvalue weighted by Crippen LogP contribution is 2.24. The number of amides is 1. The molecule has 7 heteroatoms. The molecule has 0 aliphatic carbocycles. The average Bonchev–Trinajstić information content (AvgIpc) is 3.11. The topological polar surface area (TPSA) is 66.3 Å². The molecule has 3 aliphatic rings. The lowest BCUT2D eigenvalue weighted by molar-refractivity contribution is 0.0615. The van der Waals surface area contributed by atoms with Crippen LogP contribution in [-0.4, -0.2) is 76.5 Å². The van der Waals surface area contributed by atoms with E-state index in [0.29, 0.717) is 17.7 Å². The highest BCUT2D eigenvalue weighted by atomic mass is 16.2. The van der Waals surface area contributed by atoms with Crippen LogP contribution in [0.4, 0.5) is 0 Å². The van der Waals surface area contributed by atoms with Crippen molar-refractivity contribution in [2.45, 2.75) is 58.4 Å². The molecule has 3 saturated heterocycles. The van der Waals surface area contributed by atoms with Gasteiger partial charge in [0.2, 0.25) is 0 Å². The molecule has 0 spiro atoms. The van der Waals surface area contributed by atoms with Crippen LogP contribution in [0.5, 0.6) is 0 Å². The van der Waals surface area contributed by atoms with Gasteiger partial charge in [-0.1, -0.05) is 12.1 Å². The van der Waals surface area contributed by atoms with Crippen molar-refractivity contribution in [1.82, 2.24) is 30.1 Å². The van der Waals surface area contributed by atoms with Gasteiger partial charge in [-0.2, -0.15) is 0 Å². The summed E-state index contributed by atoms with van der Waals surface area (Å²) in [5, 5.41) is 12.0. The predicted octanol–water partition coefficient (Wildman–Crippen LogP) is 2.10. The van der Waals surface area contributed by atoms with E-state index in [1.54, 1.807) is 0 Å². The summed E-state index contributed by atoms with van der Waals surface area (Å²) in [6, 6.07) is 0.367. The van der Waals surface area contributed by atoms with Crippen LogP contribution in [0.15, 0.2) is 0 Å². The number of rotatable bonds is 4. The molecular weight excluding hydrogens is 352 g/mol. The van der Waals surface area contributed by atoms with Crippen molar-refractivity contribution < 1.29 is 4.79 Å². The second-order valence-corrected chi connectivity index (χ2v) is 9.19. The van der Waals surface area contributed by atoms with E-state index >= 15 is 0 Å². The minimum absolute atomic E-state index is 0.0784. The van der Waals surface area contributed by atoms with Crippen molar-refractivity contribution in [2.24, 2.45) is 11.8 Å². The van der Waals surface area contributed by atoms with Gasteiger partial charge in [0, 0.05) is 19.6 Å². The lowest BCUT2D eigenvalue weighted by atomic mass is 9.94. The van der Waals surface area contributed by atoms with Crippen LogP contribution in [0.2, 0.25) is 0 Å². The zero-order valence-electron chi connectivity index (χ0n) is 17.6. The Morgan fingerprint density at radius 1 is 1.11 bits per heavy atom. The Hall–Kier alpha value is -1.47. The molecule has 1 atom stereocenters. The molecule has 156 valence electrons. The largest absolute Gasteiger partial charge is 0.337 e. The Kier molecular flexibility index (Phi) is 6.31. The van der Waals surface area contributed by atoms with Crippen LogP contribution >= 0.6 is 0 Å². The van der Waals surface area contributed by atoms with Gasteiger partial charge in [0.05, 0.1) is 11.7 Å². The van der Waals surface area contributed by atoms with Crippen molar-refractivity contribution >= 4 is 5.91 Å². The van der Waals surface area contributed by atoms with Crippen LogP contribution in [0.25, 0.3) is 0 Å². The molecule has 0 saturated carbocycles. The maximum atomic E-state index is 13.2. The fourth-order valence-corrected chi connectivity index (χ4v) is 5.09. The second-order valence-electron chi connectivity index (χ2n) is 9.19. The maximum Gasteiger partial charge on any atom is 0.276 e. The Morgan fingerprint density at radius 3 is 2.61 bits per heavy atom. The van der Waals surface area contributed by atoms with E-state index in [1.165, 1.54) is 32.4 Å². The van der Waals surface area contributed by atoms with Gasteiger partial charge in [0.25, 0.3) is 5.91 Å². The monoisotopic (exact) mass is 388 g/mol. The quantitative estimate of drug-likeness (QED) is 0.856. The molecule has 1 aromatic heterocycles. The lowest BCUT2D eigenvalue weighted by Gasteiger charge is -2.37. The van der Waals surface area contributed by atoms with Crippen LogP contribution < -0.4 is 5.32 Å². The van der Waals surface area contributed by atoms with Gasteiger partial charge in [-0.25, -0.2) is 4.68 Å². The minimum atomic E-state index is 0.0784. The van der Waals surface area contributed by atoms with E-state index in [2.05, 4.69) is 27.5 Å². The first-order valence-electron chi connectivity index (χ1n) is 11.3. The van der Waals surface area contributed by atoms with E-state index < -0.39 is 0 Å². The molecule has 3 aliphatic heterocycles. The number of hydrogen-bond acceptors (Lipinski definition) is 5. The zero-order valence-corrected chi connectivity index (χ0v) is 17.6. The zero-order chi connectivity index (χ0) is 19.5. The Morgan fingerprint density at radius 2 is 1.86 bits per heavy atom. The molecule has 1 unspecified atom stereocenters. The van der Waals surface area contributed by atoms with Crippen molar-refractivity contribution in [2.75, 3.05) is 45.8 Å².